The van der Waals surface area contributed by atoms with Gasteiger partial charge in [-0.2, -0.15) is 0 Å². The van der Waals surface area contributed by atoms with Gasteiger partial charge in [0.2, 0.25) is 5.91 Å². The van der Waals surface area contributed by atoms with E-state index in [2.05, 4.69) is 19.2 Å². The molecule has 14 heteroatoms. The molecule has 1 amide bonds. The minimum atomic E-state index is -1.79. The quantitative estimate of drug-likeness (QED) is 0.0204. The fourth-order valence-electron chi connectivity index (χ4n) is 12.8. The molecule has 0 aliphatic carbocycles. The van der Waals surface area contributed by atoms with Crippen molar-refractivity contribution >= 4 is 5.91 Å². The Morgan fingerprint density at radius 1 is 0.402 bits per heavy atom. The predicted octanol–water partition coefficient (Wildman–Crippen LogP) is 15.7. The van der Waals surface area contributed by atoms with E-state index >= 15 is 0 Å². The molecule has 0 bridgehead atoms. The van der Waals surface area contributed by atoms with E-state index in [0.717, 1.165) is 38.5 Å². The Bertz CT molecular complexity index is 1510. The molecule has 0 aromatic heterocycles. The lowest BCUT2D eigenvalue weighted by molar-refractivity contribution is -0.359. The Morgan fingerprint density at radius 3 is 1.06 bits per heavy atom. The number of ether oxygens (including phenoxy) is 4. The molecule has 12 unspecified atom stereocenters. The molecule has 2 saturated heterocycles. The highest BCUT2D eigenvalue weighted by atomic mass is 16.7. The zero-order chi connectivity index (χ0) is 63.1. The maximum Gasteiger partial charge on any atom is 0.220 e. The lowest BCUT2D eigenvalue weighted by atomic mass is 9.97. The maximum atomic E-state index is 13.3. The van der Waals surface area contributed by atoms with Gasteiger partial charge in [-0.3, -0.25) is 4.79 Å². The van der Waals surface area contributed by atoms with Gasteiger partial charge in [0, 0.05) is 6.42 Å². The van der Waals surface area contributed by atoms with Crippen molar-refractivity contribution in [3.05, 3.63) is 12.2 Å². The first kappa shape index (κ1) is 81.8. The Kier molecular flexibility index (Phi) is 55.1. The van der Waals surface area contributed by atoms with Crippen LogP contribution in [0.25, 0.3) is 0 Å². The second-order valence-electron chi connectivity index (χ2n) is 26.8. The van der Waals surface area contributed by atoms with E-state index in [0.29, 0.717) is 6.42 Å². The van der Waals surface area contributed by atoms with E-state index in [1.165, 1.54) is 289 Å². The third kappa shape index (κ3) is 42.6. The van der Waals surface area contributed by atoms with Crippen LogP contribution in [0.4, 0.5) is 0 Å². The summed E-state index contributed by atoms with van der Waals surface area (Å²) in [5.74, 6) is -0.232. The number of hydrogen-bond donors (Lipinski definition) is 9. The molecule has 2 fully saturated rings. The summed E-state index contributed by atoms with van der Waals surface area (Å²) < 4.78 is 22.8. The van der Waals surface area contributed by atoms with Crippen molar-refractivity contribution in [2.45, 2.75) is 428 Å². The molecular weight excluding hydrogens is 1100 g/mol. The number of nitrogens with one attached hydrogen (secondary N) is 1. The van der Waals surface area contributed by atoms with Crippen molar-refractivity contribution in [2.75, 3.05) is 19.8 Å². The molecule has 0 saturated carbocycles. The van der Waals surface area contributed by atoms with Crippen LogP contribution in [0.2, 0.25) is 0 Å². The Labute approximate surface area is 533 Å². The van der Waals surface area contributed by atoms with E-state index < -0.39 is 86.8 Å². The molecule has 9 N–H and O–H groups in total. The number of aliphatic hydroxyl groups excluding tert-OH is 8. The standard InChI is InChI=1S/C73H141NO13/c1-3-5-7-9-11-13-15-17-19-20-21-22-23-24-25-26-27-28-29-30-31-32-33-34-35-36-37-38-39-40-41-42-43-45-47-49-51-53-55-57-65(78)74-61(62(77)56-54-52-50-48-46-44-18-16-14-12-10-8-6-4-2)60-84-72-70(83)68(81)71(64(59-76)86-72)87-73-69(82)67(80)66(79)63(58-75)85-73/h54,56,61-64,66-73,75-77,79-83H,3-53,55,57-60H2,1-2H3,(H,74,78)/b56-54+. The first-order chi connectivity index (χ1) is 42.6. The van der Waals surface area contributed by atoms with Crippen molar-refractivity contribution in [1.29, 1.82) is 0 Å². The lowest BCUT2D eigenvalue weighted by Crippen LogP contribution is -2.65. The fraction of sp³-hybridized carbons (Fsp3) is 0.959. The third-order valence-corrected chi connectivity index (χ3v) is 18.7. The number of amides is 1. The van der Waals surface area contributed by atoms with Gasteiger partial charge >= 0.3 is 0 Å². The van der Waals surface area contributed by atoms with E-state index in [4.69, 9.17) is 18.9 Å². The Balaban J connectivity index is 1.53. The summed E-state index contributed by atoms with van der Waals surface area (Å²) in [6.45, 7) is 2.84. The van der Waals surface area contributed by atoms with Gasteiger partial charge in [-0.25, -0.2) is 0 Å². The van der Waals surface area contributed by atoms with Crippen molar-refractivity contribution in [3.8, 4) is 0 Å². The normalized spacial score (nSPS) is 23.2. The van der Waals surface area contributed by atoms with Gasteiger partial charge in [-0.1, -0.05) is 341 Å². The monoisotopic (exact) mass is 1240 g/mol. The fourth-order valence-corrected chi connectivity index (χ4v) is 12.8. The minimum absolute atomic E-state index is 0.232. The predicted molar refractivity (Wildman–Crippen MR) is 355 cm³/mol. The Hall–Kier alpha value is -1.27. The number of rotatable bonds is 63. The molecule has 87 heavy (non-hydrogen) atoms. The summed E-state index contributed by atoms with van der Waals surface area (Å²) in [5.41, 5.74) is 0. The zero-order valence-corrected chi connectivity index (χ0v) is 56.3. The number of aliphatic hydroxyl groups is 8. The number of allylic oxidation sites excluding steroid dienone is 1. The molecule has 2 heterocycles. The topological polar surface area (TPSA) is 228 Å². The molecule has 516 valence electrons. The SMILES string of the molecule is CCCCCCCCCCCCCC/C=C/C(O)C(COC1OC(CO)C(OC2OC(CO)C(O)C(O)C2O)C(O)C1O)NC(=O)CCCCCCCCCCCCCCCCCCCCCCCCCCCCCCCCCCCCCCCCC. The van der Waals surface area contributed by atoms with Gasteiger partial charge in [-0.05, 0) is 19.3 Å². The number of hydrogen-bond acceptors (Lipinski definition) is 13. The summed E-state index contributed by atoms with van der Waals surface area (Å²) in [6, 6.07) is -0.910. The molecule has 0 aromatic rings. The average Bonchev–Trinajstić information content (AvgIpc) is 3.72. The summed E-state index contributed by atoms with van der Waals surface area (Å²) in [5, 5.41) is 87.3. The second-order valence-corrected chi connectivity index (χ2v) is 26.8. The highest BCUT2D eigenvalue weighted by molar-refractivity contribution is 5.76. The van der Waals surface area contributed by atoms with Crippen LogP contribution in [0.1, 0.15) is 354 Å². The molecule has 2 aliphatic rings. The van der Waals surface area contributed by atoms with Gasteiger partial charge in [0.1, 0.15) is 48.8 Å². The molecule has 0 spiro atoms. The molecule has 2 rings (SSSR count). The molecule has 2 aliphatic heterocycles. The first-order valence-electron chi connectivity index (χ1n) is 37.4. The van der Waals surface area contributed by atoms with Crippen LogP contribution in [0.3, 0.4) is 0 Å². The van der Waals surface area contributed by atoms with Crippen LogP contribution in [-0.4, -0.2) is 140 Å². The van der Waals surface area contributed by atoms with Crippen molar-refractivity contribution in [3.63, 3.8) is 0 Å². The van der Waals surface area contributed by atoms with Gasteiger partial charge in [0.05, 0.1) is 32.0 Å². The van der Waals surface area contributed by atoms with Crippen molar-refractivity contribution in [2.24, 2.45) is 0 Å². The summed E-state index contributed by atoms with van der Waals surface area (Å²) in [7, 11) is 0. The van der Waals surface area contributed by atoms with E-state index in [9.17, 15) is 45.6 Å². The molecule has 14 nitrogen and oxygen atoms in total. The van der Waals surface area contributed by atoms with Crippen molar-refractivity contribution < 1.29 is 64.6 Å². The van der Waals surface area contributed by atoms with E-state index in [-0.39, 0.29) is 18.9 Å². The maximum absolute atomic E-state index is 13.3. The molecular formula is C73H141NO13. The van der Waals surface area contributed by atoms with Crippen LogP contribution in [-0.2, 0) is 23.7 Å². The molecule has 0 aromatic carbocycles. The first-order valence-corrected chi connectivity index (χ1v) is 37.4. The largest absolute Gasteiger partial charge is 0.394 e. The minimum Gasteiger partial charge on any atom is -0.394 e. The molecule has 12 atom stereocenters. The van der Waals surface area contributed by atoms with Crippen LogP contribution in [0.5, 0.6) is 0 Å². The summed E-state index contributed by atoms with van der Waals surface area (Å²) in [4.78, 5) is 13.3. The second kappa shape index (κ2) is 58.5. The van der Waals surface area contributed by atoms with Gasteiger partial charge < -0.3 is 65.1 Å². The van der Waals surface area contributed by atoms with Gasteiger partial charge in [-0.15, -0.1) is 0 Å². The molecule has 0 radical (unpaired) electrons. The Morgan fingerprint density at radius 2 is 0.713 bits per heavy atom. The zero-order valence-electron chi connectivity index (χ0n) is 56.3. The highest BCUT2D eigenvalue weighted by Gasteiger charge is 2.51. The van der Waals surface area contributed by atoms with Gasteiger partial charge in [0.25, 0.3) is 0 Å². The number of unbranched alkanes of at least 4 members (excludes halogenated alkanes) is 50. The van der Waals surface area contributed by atoms with Crippen LogP contribution >= 0.6 is 0 Å². The smallest absolute Gasteiger partial charge is 0.220 e. The highest BCUT2D eigenvalue weighted by Crippen LogP contribution is 2.30. The van der Waals surface area contributed by atoms with Crippen LogP contribution < -0.4 is 5.32 Å². The van der Waals surface area contributed by atoms with Crippen LogP contribution in [0.15, 0.2) is 12.2 Å². The average molecular weight is 1240 g/mol. The van der Waals surface area contributed by atoms with Gasteiger partial charge in [0.15, 0.2) is 12.6 Å². The third-order valence-electron chi connectivity index (χ3n) is 18.7. The summed E-state index contributed by atoms with van der Waals surface area (Å²) >= 11 is 0. The summed E-state index contributed by atoms with van der Waals surface area (Å²) in [6.07, 6.45) is 56.0. The number of carbonyl (C=O) groups excluding carboxylic acids is 1. The van der Waals surface area contributed by atoms with E-state index in [1.807, 2.05) is 6.08 Å². The van der Waals surface area contributed by atoms with Crippen LogP contribution in [0, 0.1) is 0 Å². The van der Waals surface area contributed by atoms with Crippen molar-refractivity contribution in [1.82, 2.24) is 5.32 Å². The van der Waals surface area contributed by atoms with E-state index in [1.54, 1.807) is 6.08 Å². The number of carbonyl (C=O) groups is 1. The lowest BCUT2D eigenvalue weighted by Gasteiger charge is -2.46.